The summed E-state index contributed by atoms with van der Waals surface area (Å²) in [5.41, 5.74) is 0.213. The van der Waals surface area contributed by atoms with Crippen LogP contribution in [0.3, 0.4) is 0 Å². The van der Waals surface area contributed by atoms with Gasteiger partial charge in [-0.1, -0.05) is 44.0 Å². The van der Waals surface area contributed by atoms with Crippen LogP contribution in [-0.4, -0.2) is 34.5 Å². The predicted molar refractivity (Wildman–Crippen MR) is 122 cm³/mol. The molecule has 0 radical (unpaired) electrons. The maximum atomic E-state index is 14.5. The zero-order valence-corrected chi connectivity index (χ0v) is 18.8. The number of aromatic nitrogens is 1. The first-order valence-corrected chi connectivity index (χ1v) is 10.6. The van der Waals surface area contributed by atoms with E-state index in [2.05, 4.69) is 0 Å². The summed E-state index contributed by atoms with van der Waals surface area (Å²) in [6.45, 7) is 3.68. The fourth-order valence-electron chi connectivity index (χ4n) is 3.88. The van der Waals surface area contributed by atoms with Gasteiger partial charge in [-0.05, 0) is 29.2 Å². The van der Waals surface area contributed by atoms with E-state index in [1.54, 1.807) is 22.8 Å². The molecular formula is C24H25ClFNO5. The first kappa shape index (κ1) is 23.8. The van der Waals surface area contributed by atoms with Crippen molar-refractivity contribution in [2.24, 2.45) is 5.92 Å². The lowest BCUT2D eigenvalue weighted by Gasteiger charge is -2.27. The highest BCUT2D eigenvalue weighted by Crippen LogP contribution is 2.32. The topological polar surface area (TPSA) is 88.8 Å². The Morgan fingerprint density at radius 3 is 2.59 bits per heavy atom. The number of methoxy groups -OCH3 is 1. The number of aromatic carboxylic acids is 1. The Kier molecular flexibility index (Phi) is 7.21. The number of aliphatic hydroxyl groups is 1. The third-order valence-electron chi connectivity index (χ3n) is 5.92. The summed E-state index contributed by atoms with van der Waals surface area (Å²) in [7, 11) is 1.46. The molecule has 2 N–H and O–H groups in total. The molecule has 0 spiro atoms. The number of aliphatic hydroxyl groups excluding tert-OH is 1. The van der Waals surface area contributed by atoms with Gasteiger partial charge in [-0.25, -0.2) is 9.18 Å². The zero-order valence-electron chi connectivity index (χ0n) is 18.1. The van der Waals surface area contributed by atoms with Crippen LogP contribution in [0.5, 0.6) is 5.75 Å². The quantitative estimate of drug-likeness (QED) is 0.509. The van der Waals surface area contributed by atoms with E-state index in [0.717, 1.165) is 6.42 Å². The average Bonchev–Trinajstić information content (AvgIpc) is 2.78. The number of benzene rings is 2. The Balaban J connectivity index is 2.32. The van der Waals surface area contributed by atoms with Crippen LogP contribution in [0.4, 0.5) is 4.39 Å². The van der Waals surface area contributed by atoms with Crippen molar-refractivity contribution in [2.75, 3.05) is 13.7 Å². The minimum absolute atomic E-state index is 0.0126. The number of fused-ring (bicyclic) bond motifs is 1. The molecule has 1 aromatic heterocycles. The molecule has 2 aromatic carbocycles. The van der Waals surface area contributed by atoms with Gasteiger partial charge in [0.25, 0.3) is 0 Å². The summed E-state index contributed by atoms with van der Waals surface area (Å²) in [4.78, 5) is 24.8. The minimum Gasteiger partial charge on any atom is -0.496 e. The van der Waals surface area contributed by atoms with Crippen molar-refractivity contribution in [3.05, 3.63) is 74.3 Å². The zero-order chi connectivity index (χ0) is 23.6. The Hall–Kier alpha value is -2.90. The number of hydrogen-bond acceptors (Lipinski definition) is 4. The number of hydrogen-bond donors (Lipinski definition) is 2. The predicted octanol–water partition coefficient (Wildman–Crippen LogP) is 4.67. The van der Waals surface area contributed by atoms with E-state index in [0.29, 0.717) is 22.4 Å². The van der Waals surface area contributed by atoms with Crippen LogP contribution in [0.25, 0.3) is 10.9 Å². The van der Waals surface area contributed by atoms with E-state index < -0.39 is 28.8 Å². The summed E-state index contributed by atoms with van der Waals surface area (Å²) in [6, 6.07) is 7.38. The number of halogens is 2. The molecule has 0 bridgehead atoms. The molecular weight excluding hydrogens is 437 g/mol. The lowest BCUT2D eigenvalue weighted by atomic mass is 9.96. The maximum absolute atomic E-state index is 14.5. The molecule has 1 heterocycles. The fourth-order valence-corrected chi connectivity index (χ4v) is 4.08. The van der Waals surface area contributed by atoms with Crippen molar-refractivity contribution in [3.63, 3.8) is 0 Å². The Morgan fingerprint density at radius 2 is 2.00 bits per heavy atom. The second-order valence-electron chi connectivity index (χ2n) is 7.79. The van der Waals surface area contributed by atoms with Crippen molar-refractivity contribution < 1.29 is 24.1 Å². The third kappa shape index (κ3) is 4.36. The highest BCUT2D eigenvalue weighted by Gasteiger charge is 2.24. The lowest BCUT2D eigenvalue weighted by molar-refractivity contribution is 0.0694. The van der Waals surface area contributed by atoms with E-state index >= 15 is 0 Å². The van der Waals surface area contributed by atoms with Crippen molar-refractivity contribution in [3.8, 4) is 5.75 Å². The van der Waals surface area contributed by atoms with Crippen LogP contribution in [0.15, 0.2) is 41.3 Å². The van der Waals surface area contributed by atoms with E-state index in [1.165, 1.54) is 25.4 Å². The van der Waals surface area contributed by atoms with Crippen LogP contribution in [-0.2, 0) is 6.42 Å². The molecule has 0 aliphatic rings. The average molecular weight is 462 g/mol. The largest absolute Gasteiger partial charge is 0.496 e. The summed E-state index contributed by atoms with van der Waals surface area (Å²) in [5, 5.41) is 19.8. The fraction of sp³-hybridized carbons (Fsp3) is 0.333. The van der Waals surface area contributed by atoms with E-state index in [-0.39, 0.29) is 29.4 Å². The van der Waals surface area contributed by atoms with Crippen LogP contribution in [0, 0.1) is 11.7 Å². The number of carbonyl (C=O) groups is 1. The molecule has 0 amide bonds. The monoisotopic (exact) mass is 461 g/mol. The van der Waals surface area contributed by atoms with Crippen molar-refractivity contribution in [1.29, 1.82) is 0 Å². The summed E-state index contributed by atoms with van der Waals surface area (Å²) in [5.74, 6) is -1.50. The Morgan fingerprint density at radius 1 is 1.28 bits per heavy atom. The van der Waals surface area contributed by atoms with E-state index in [4.69, 9.17) is 16.3 Å². The molecule has 0 saturated carbocycles. The molecule has 0 fully saturated rings. The molecule has 32 heavy (non-hydrogen) atoms. The van der Waals surface area contributed by atoms with Gasteiger partial charge in [0.15, 0.2) is 0 Å². The summed E-state index contributed by atoms with van der Waals surface area (Å²) < 4.78 is 21.6. The SMILES string of the molecule is CC[C@H](C)[C@@H](CO)n1cc(C(=O)O)c(=O)c2cc(Cc3cccc(Cl)c3F)c(OC)cc21. The van der Waals surface area contributed by atoms with Crippen LogP contribution >= 0.6 is 11.6 Å². The van der Waals surface area contributed by atoms with Crippen LogP contribution in [0.2, 0.25) is 5.02 Å². The van der Waals surface area contributed by atoms with Crippen molar-refractivity contribution in [2.45, 2.75) is 32.7 Å². The number of rotatable bonds is 8. The number of ether oxygens (including phenoxy) is 1. The molecule has 0 saturated heterocycles. The number of carboxylic acid groups (broad SMARTS) is 1. The molecule has 3 aromatic rings. The highest BCUT2D eigenvalue weighted by atomic mass is 35.5. The normalized spacial score (nSPS) is 13.2. The van der Waals surface area contributed by atoms with Gasteiger partial charge in [0.1, 0.15) is 17.1 Å². The van der Waals surface area contributed by atoms with Crippen molar-refractivity contribution >= 4 is 28.5 Å². The standard InChI is InChI=1S/C24H25ClFNO5/c1-4-13(2)20(12-28)27-11-17(24(30)31)23(29)16-9-15(21(32-3)10-19(16)27)8-14-6-5-7-18(25)22(14)26/h5-7,9-11,13,20,28H,4,8,12H2,1-3H3,(H,30,31)/t13-,20+/m0/s1. The highest BCUT2D eigenvalue weighted by molar-refractivity contribution is 6.30. The minimum atomic E-state index is -1.36. The Labute approximate surface area is 189 Å². The molecule has 8 heteroatoms. The smallest absolute Gasteiger partial charge is 0.341 e. The van der Waals surface area contributed by atoms with Gasteiger partial charge in [0.05, 0.1) is 30.3 Å². The molecule has 2 atom stereocenters. The van der Waals surface area contributed by atoms with Gasteiger partial charge >= 0.3 is 5.97 Å². The molecule has 0 unspecified atom stereocenters. The van der Waals surface area contributed by atoms with E-state index in [1.807, 2.05) is 13.8 Å². The second kappa shape index (κ2) is 9.71. The molecule has 170 valence electrons. The first-order chi connectivity index (χ1) is 15.2. The van der Waals surface area contributed by atoms with Gasteiger partial charge in [-0.15, -0.1) is 0 Å². The number of carboxylic acids is 1. The van der Waals surface area contributed by atoms with Crippen molar-refractivity contribution in [1.82, 2.24) is 4.57 Å². The molecule has 3 rings (SSSR count). The maximum Gasteiger partial charge on any atom is 0.341 e. The second-order valence-corrected chi connectivity index (χ2v) is 8.20. The number of nitrogens with zero attached hydrogens (tertiary/aromatic N) is 1. The van der Waals surface area contributed by atoms with Gasteiger partial charge in [-0.2, -0.15) is 0 Å². The summed E-state index contributed by atoms with van der Waals surface area (Å²) >= 11 is 5.90. The van der Waals surface area contributed by atoms with Gasteiger partial charge in [-0.3, -0.25) is 4.79 Å². The van der Waals surface area contributed by atoms with Gasteiger partial charge < -0.3 is 19.5 Å². The van der Waals surface area contributed by atoms with E-state index in [9.17, 15) is 24.2 Å². The molecule has 6 nitrogen and oxygen atoms in total. The van der Waals surface area contributed by atoms with Gasteiger partial charge in [0, 0.05) is 24.1 Å². The lowest BCUT2D eigenvalue weighted by Crippen LogP contribution is -2.26. The molecule has 0 aliphatic heterocycles. The Bertz CT molecular complexity index is 1220. The van der Waals surface area contributed by atoms with Crippen LogP contribution < -0.4 is 10.2 Å². The van der Waals surface area contributed by atoms with Gasteiger partial charge in [0.2, 0.25) is 5.43 Å². The first-order valence-electron chi connectivity index (χ1n) is 10.3. The summed E-state index contributed by atoms with van der Waals surface area (Å²) in [6.07, 6.45) is 2.11. The van der Waals surface area contributed by atoms with Crippen LogP contribution in [0.1, 0.15) is 47.8 Å². The molecule has 0 aliphatic carbocycles. The third-order valence-corrected chi connectivity index (χ3v) is 6.21. The number of pyridine rings is 1.